The molecule has 14 rings (SSSR count). The van der Waals surface area contributed by atoms with E-state index in [2.05, 4.69) is 302 Å². The van der Waals surface area contributed by atoms with Gasteiger partial charge in [-0.3, -0.25) is 0 Å². The topological polar surface area (TPSA) is 6.48 Å². The molecular weight excluding hydrogens is 1150 g/mol. The second-order valence-electron chi connectivity index (χ2n) is 26.6. The zero-order chi connectivity index (χ0) is 56.1. The highest BCUT2D eigenvalue weighted by atomic mass is 127. The van der Waals surface area contributed by atoms with Crippen LogP contribution in [0.4, 0.5) is 34.1 Å². The Kier molecular flexibility index (Phi) is 12.1. The summed E-state index contributed by atoms with van der Waals surface area (Å²) in [5, 5.41) is 6.73. The van der Waals surface area contributed by atoms with Crippen LogP contribution in [0.15, 0.2) is 205 Å². The number of fused-ring (bicyclic) bond motifs is 14. The Morgan fingerprint density at radius 2 is 0.938 bits per heavy atom. The van der Waals surface area contributed by atoms with E-state index in [1.165, 1.54) is 122 Å². The van der Waals surface area contributed by atoms with E-state index in [4.69, 9.17) is 0 Å². The van der Waals surface area contributed by atoms with Gasteiger partial charge in [-0.25, -0.2) is 0 Å². The van der Waals surface area contributed by atoms with Gasteiger partial charge < -0.3 is 9.80 Å². The van der Waals surface area contributed by atoms with Crippen molar-refractivity contribution < 1.29 is 22.6 Å². The van der Waals surface area contributed by atoms with E-state index in [0.717, 1.165) is 24.2 Å². The molecule has 6 heteroatoms. The van der Waals surface area contributed by atoms with Crippen molar-refractivity contribution in [3.8, 4) is 11.1 Å². The van der Waals surface area contributed by atoms with Crippen LogP contribution in [-0.4, -0.2) is 8.07 Å². The van der Waals surface area contributed by atoms with E-state index in [-0.39, 0.29) is 16.2 Å². The molecule has 0 saturated carbocycles. The molecule has 11 aromatic rings. The zero-order valence-corrected chi connectivity index (χ0v) is 53.5. The number of hydrogen-bond donors (Lipinski definition) is 0. The maximum absolute atomic E-state index is 2.60. The number of halogens is 1. The SMILES string of the molecule is CC(C)(C)c1cccc2c1sc1c(N(c3cccc([IH+])c3)c3ccc4c(c3)-c3cc(N(c5cccc([Si](C)(C)C)c5)c5cccc6c5sc5c(C(C)(C)C)cccc56)ccc3C43C4=C(C=CCC4)C(C)(C)c4ccccc43)cccc12. The van der Waals surface area contributed by atoms with Crippen LogP contribution in [0.5, 0.6) is 0 Å². The van der Waals surface area contributed by atoms with Gasteiger partial charge in [-0.2, -0.15) is 0 Å². The number of benzene rings is 9. The molecule has 2 heterocycles. The molecule has 0 saturated heterocycles. The monoisotopic (exact) mass is 1220 g/mol. The maximum Gasteiger partial charge on any atom is 0.296 e. The minimum atomic E-state index is -1.73. The molecule has 3 aliphatic rings. The average molecular weight is 1220 g/mol. The van der Waals surface area contributed by atoms with Gasteiger partial charge in [0.15, 0.2) is 3.57 Å². The fourth-order valence-electron chi connectivity index (χ4n) is 14.2. The molecule has 9 aromatic carbocycles. The highest BCUT2D eigenvalue weighted by molar-refractivity contribution is 7.27. The Bertz CT molecular complexity index is 4490. The maximum atomic E-state index is 2.60. The smallest absolute Gasteiger partial charge is 0.296 e. The van der Waals surface area contributed by atoms with Crippen LogP contribution < -0.4 is 37.6 Å². The van der Waals surface area contributed by atoms with Crippen molar-refractivity contribution in [1.29, 1.82) is 0 Å². The minimum Gasteiger partial charge on any atom is -0.309 e. The predicted octanol–water partition coefficient (Wildman–Crippen LogP) is 18.2. The summed E-state index contributed by atoms with van der Waals surface area (Å²) < 4.78 is 6.62. The number of anilines is 6. The molecule has 2 nitrogen and oxygen atoms in total. The fraction of sp³-hybridized carbons (Fsp3) is 0.227. The molecule has 0 fully saturated rings. The van der Waals surface area contributed by atoms with Gasteiger partial charge in [0, 0.05) is 59.5 Å². The second-order valence-corrected chi connectivity index (χ2v) is 35.0. The summed E-state index contributed by atoms with van der Waals surface area (Å²) in [4.78, 5) is 5.16. The molecule has 402 valence electrons. The van der Waals surface area contributed by atoms with Crippen LogP contribution in [0, 0.1) is 3.57 Å². The van der Waals surface area contributed by atoms with Crippen molar-refractivity contribution in [2.24, 2.45) is 0 Å². The predicted molar refractivity (Wildman–Crippen MR) is 352 cm³/mol. The zero-order valence-electron chi connectivity index (χ0n) is 48.5. The van der Waals surface area contributed by atoms with Crippen LogP contribution in [-0.2, 0) is 21.7 Å². The molecule has 2 aromatic heterocycles. The first-order valence-electron chi connectivity index (χ1n) is 28.9. The van der Waals surface area contributed by atoms with Gasteiger partial charge in [-0.1, -0.05) is 208 Å². The summed E-state index contributed by atoms with van der Waals surface area (Å²) in [5.74, 6) is 0. The molecule has 3 aliphatic carbocycles. The Morgan fingerprint density at radius 3 is 1.46 bits per heavy atom. The van der Waals surface area contributed by atoms with Gasteiger partial charge in [0.1, 0.15) is 0 Å². The Labute approximate surface area is 501 Å². The van der Waals surface area contributed by atoms with Crippen molar-refractivity contribution >= 4 is 110 Å². The summed E-state index contributed by atoms with van der Waals surface area (Å²) >= 11 is 6.04. The molecule has 1 atom stereocenters. The molecular formula is C75H70IN2S2Si+. The summed E-state index contributed by atoms with van der Waals surface area (Å²) in [6.45, 7) is 26.4. The Hall–Kier alpha value is -6.55. The average Bonchev–Trinajstić information content (AvgIpc) is 2.63. The van der Waals surface area contributed by atoms with Crippen molar-refractivity contribution in [3.63, 3.8) is 0 Å². The molecule has 1 spiro atoms. The van der Waals surface area contributed by atoms with E-state index in [1.807, 2.05) is 22.7 Å². The number of allylic oxidation sites excluding steroid dienone is 4. The van der Waals surface area contributed by atoms with E-state index in [1.54, 1.807) is 5.57 Å². The third-order valence-corrected chi connectivity index (χ3v) is 23.4. The van der Waals surface area contributed by atoms with Crippen molar-refractivity contribution in [2.45, 2.75) is 110 Å². The summed E-state index contributed by atoms with van der Waals surface area (Å²) in [5.41, 5.74) is 20.4. The lowest BCUT2D eigenvalue weighted by Crippen LogP contribution is -3.34. The Morgan fingerprint density at radius 1 is 0.469 bits per heavy atom. The summed E-state index contributed by atoms with van der Waals surface area (Å²) in [7, 11) is -1.73. The molecule has 0 N–H and O–H groups in total. The molecule has 0 amide bonds. The first kappa shape index (κ1) is 52.5. The number of nitrogens with zero attached hydrogens (tertiary/aromatic N) is 2. The lowest BCUT2D eigenvalue weighted by atomic mass is 9.54. The van der Waals surface area contributed by atoms with Crippen LogP contribution >= 0.6 is 22.7 Å². The van der Waals surface area contributed by atoms with Gasteiger partial charge in [-0.15, -0.1) is 22.7 Å². The highest BCUT2D eigenvalue weighted by Crippen LogP contribution is 2.65. The molecule has 0 aliphatic heterocycles. The second kappa shape index (κ2) is 18.7. The number of thiophene rings is 2. The van der Waals surface area contributed by atoms with Gasteiger partial charge in [0.2, 0.25) is 0 Å². The van der Waals surface area contributed by atoms with Crippen LogP contribution in [0.25, 0.3) is 51.5 Å². The van der Waals surface area contributed by atoms with Gasteiger partial charge in [0.05, 0.1) is 40.0 Å². The Balaban J connectivity index is 1.07. The fourth-order valence-corrected chi connectivity index (χ4v) is 19.0. The van der Waals surface area contributed by atoms with E-state index in [0.29, 0.717) is 0 Å². The quantitative estimate of drug-likeness (QED) is 0.116. The molecule has 0 radical (unpaired) electrons. The normalized spacial score (nSPS) is 16.6. The van der Waals surface area contributed by atoms with Gasteiger partial charge in [0.25, 0.3) is 22.6 Å². The van der Waals surface area contributed by atoms with Crippen LogP contribution in [0.2, 0.25) is 19.6 Å². The molecule has 0 bridgehead atoms. The minimum absolute atomic E-state index is 0.000303. The van der Waals surface area contributed by atoms with E-state index < -0.39 is 13.5 Å². The van der Waals surface area contributed by atoms with Crippen LogP contribution in [0.3, 0.4) is 0 Å². The van der Waals surface area contributed by atoms with Crippen molar-refractivity contribution in [2.75, 3.05) is 9.80 Å². The third-order valence-electron chi connectivity index (χ3n) is 18.1. The number of hydrogen-bond acceptors (Lipinski definition) is 4. The summed E-state index contributed by atoms with van der Waals surface area (Å²) in [6, 6.07) is 71.1. The van der Waals surface area contributed by atoms with Crippen molar-refractivity contribution in [3.05, 3.63) is 242 Å². The highest BCUT2D eigenvalue weighted by Gasteiger charge is 2.54. The molecule has 1 unspecified atom stereocenters. The standard InChI is InChI=1S/C75H70IN2S2Si/c1-72(2,3)64-34-18-26-52-54-28-20-36-66(70(54)79-68(52)64)77(47-23-16-22-46(76)42-47)49-38-40-58-56(44-49)57-45-50(39-41-59(57)75(58)62-32-14-12-30-60(62)74(7,8)61-31-13-15-33-63(61)75)78(48-24-17-25-51(43-48)81(9,10)11)67-37-21-29-55-53-27-19-35-65(73(4,5)6)69(53)80-71(55)67/h12-14,16-32,34-45,76H,15,33H2,1-11H3/q+1. The largest absolute Gasteiger partial charge is 0.309 e. The molecule has 81 heavy (non-hydrogen) atoms. The van der Waals surface area contributed by atoms with E-state index >= 15 is 0 Å². The van der Waals surface area contributed by atoms with Crippen LogP contribution in [0.1, 0.15) is 102 Å². The number of rotatable bonds is 7. The lowest BCUT2D eigenvalue weighted by Gasteiger charge is -2.48. The first-order valence-corrected chi connectivity index (χ1v) is 35.2. The first-order chi connectivity index (χ1) is 38.7. The lowest BCUT2D eigenvalue weighted by molar-refractivity contribution is -0.328. The third kappa shape index (κ3) is 8.08. The van der Waals surface area contributed by atoms with Crippen molar-refractivity contribution in [1.82, 2.24) is 0 Å². The summed E-state index contributed by atoms with van der Waals surface area (Å²) in [6.07, 6.45) is 6.94. The van der Waals surface area contributed by atoms with Gasteiger partial charge in [-0.05, 0) is 140 Å². The van der Waals surface area contributed by atoms with Gasteiger partial charge >= 0.3 is 0 Å². The van der Waals surface area contributed by atoms with E-state index in [9.17, 15) is 0 Å².